The first-order chi connectivity index (χ1) is 12.6. The number of aromatic nitrogens is 1. The topological polar surface area (TPSA) is 45.7 Å². The second-order valence-corrected chi connectivity index (χ2v) is 7.26. The van der Waals surface area contributed by atoms with Crippen LogP contribution in [-0.2, 0) is 4.74 Å². The lowest BCUT2D eigenvalue weighted by molar-refractivity contribution is -0.0423. The monoisotopic (exact) mass is 357 g/mol. The van der Waals surface area contributed by atoms with Crippen LogP contribution in [0.1, 0.15) is 30.1 Å². The normalized spacial score (nSPS) is 22.7. The molecule has 0 saturated carbocycles. The van der Waals surface area contributed by atoms with E-state index in [2.05, 4.69) is 16.8 Å². The smallest absolute Gasteiger partial charge is 0.255 e. The molecule has 2 fully saturated rings. The fourth-order valence-corrected chi connectivity index (χ4v) is 4.01. The Kier molecular flexibility index (Phi) is 4.87. The first-order valence-corrected chi connectivity index (χ1v) is 9.30. The Hall–Kier alpha value is -2.05. The van der Waals surface area contributed by atoms with Crippen LogP contribution in [0.2, 0.25) is 0 Å². The Morgan fingerprint density at radius 1 is 1.23 bits per heavy atom. The largest absolute Gasteiger partial charge is 0.376 e. The highest BCUT2D eigenvalue weighted by molar-refractivity contribution is 5.97. The average molecular weight is 357 g/mol. The Bertz CT molecular complexity index is 805. The Morgan fingerprint density at radius 2 is 2.04 bits per heavy atom. The van der Waals surface area contributed by atoms with Gasteiger partial charge in [-0.05, 0) is 44.0 Å². The van der Waals surface area contributed by atoms with E-state index in [1.807, 2.05) is 4.90 Å². The van der Waals surface area contributed by atoms with Gasteiger partial charge in [-0.3, -0.25) is 14.7 Å². The summed E-state index contributed by atoms with van der Waals surface area (Å²) in [6, 6.07) is 6.70. The average Bonchev–Trinajstić information content (AvgIpc) is 2.67. The maximum absolute atomic E-state index is 13.4. The summed E-state index contributed by atoms with van der Waals surface area (Å²) in [6.07, 6.45) is 3.84. The molecular formula is C20H24FN3O2. The molecule has 0 bridgehead atoms. The van der Waals surface area contributed by atoms with Crippen molar-refractivity contribution < 1.29 is 13.9 Å². The van der Waals surface area contributed by atoms with E-state index in [1.165, 1.54) is 12.1 Å². The third-order valence-electron chi connectivity index (χ3n) is 5.43. The van der Waals surface area contributed by atoms with E-state index < -0.39 is 0 Å². The number of fused-ring (bicyclic) bond motifs is 1. The van der Waals surface area contributed by atoms with Crippen LogP contribution in [-0.4, -0.2) is 65.6 Å². The van der Waals surface area contributed by atoms with Crippen LogP contribution in [0.5, 0.6) is 0 Å². The highest BCUT2D eigenvalue weighted by atomic mass is 19.1. The Labute approximate surface area is 152 Å². The zero-order chi connectivity index (χ0) is 18.1. The lowest BCUT2D eigenvalue weighted by Crippen LogP contribution is -2.51. The Morgan fingerprint density at radius 3 is 2.81 bits per heavy atom. The number of hydrogen-bond acceptors (Lipinski definition) is 4. The molecule has 0 aliphatic carbocycles. The number of benzene rings is 1. The van der Waals surface area contributed by atoms with Crippen LogP contribution in [0, 0.1) is 5.82 Å². The lowest BCUT2D eigenvalue weighted by atomic mass is 10.0. The second-order valence-electron chi connectivity index (χ2n) is 7.26. The van der Waals surface area contributed by atoms with Crippen molar-refractivity contribution in [2.45, 2.75) is 31.9 Å². The van der Waals surface area contributed by atoms with Gasteiger partial charge in [0.1, 0.15) is 5.82 Å². The van der Waals surface area contributed by atoms with Gasteiger partial charge in [0.15, 0.2) is 0 Å². The molecule has 2 aromatic rings. The van der Waals surface area contributed by atoms with E-state index in [1.54, 1.807) is 18.3 Å². The molecule has 1 amide bonds. The molecule has 1 aromatic carbocycles. The first kappa shape index (κ1) is 17.4. The number of piperidine rings is 1. The molecule has 2 saturated heterocycles. The minimum atomic E-state index is -0.315. The van der Waals surface area contributed by atoms with Crippen LogP contribution < -0.4 is 0 Å². The Balaban J connectivity index is 1.42. The summed E-state index contributed by atoms with van der Waals surface area (Å²) in [5, 5.41) is 0.660. The summed E-state index contributed by atoms with van der Waals surface area (Å²) in [5.74, 6) is -0.332. The van der Waals surface area contributed by atoms with E-state index in [0.717, 1.165) is 45.6 Å². The predicted octanol–water partition coefficient (Wildman–Crippen LogP) is 2.70. The van der Waals surface area contributed by atoms with Gasteiger partial charge in [-0.25, -0.2) is 4.39 Å². The van der Waals surface area contributed by atoms with E-state index in [-0.39, 0.29) is 17.8 Å². The predicted molar refractivity (Wildman–Crippen MR) is 97.6 cm³/mol. The molecule has 26 heavy (non-hydrogen) atoms. The molecule has 2 aliphatic rings. The molecular weight excluding hydrogens is 333 g/mol. The van der Waals surface area contributed by atoms with Gasteiger partial charge >= 0.3 is 0 Å². The summed E-state index contributed by atoms with van der Waals surface area (Å²) < 4.78 is 19.1. The van der Waals surface area contributed by atoms with Crippen molar-refractivity contribution >= 4 is 16.8 Å². The van der Waals surface area contributed by atoms with Gasteiger partial charge in [-0.2, -0.15) is 0 Å². The number of rotatable bonds is 2. The lowest BCUT2D eigenvalue weighted by Gasteiger charge is -2.41. The minimum Gasteiger partial charge on any atom is -0.376 e. The third-order valence-corrected chi connectivity index (χ3v) is 5.43. The molecule has 3 heterocycles. The number of pyridine rings is 1. The molecule has 1 aromatic heterocycles. The number of carbonyl (C=O) groups is 1. The molecule has 0 radical (unpaired) electrons. The molecule has 0 N–H and O–H groups in total. The van der Waals surface area contributed by atoms with Gasteiger partial charge < -0.3 is 9.64 Å². The number of likely N-dealkylation sites (tertiary alicyclic amines) is 1. The zero-order valence-electron chi connectivity index (χ0n) is 15.0. The van der Waals surface area contributed by atoms with E-state index in [9.17, 15) is 9.18 Å². The maximum atomic E-state index is 13.4. The van der Waals surface area contributed by atoms with Gasteiger partial charge in [0, 0.05) is 43.8 Å². The van der Waals surface area contributed by atoms with Gasteiger partial charge in [-0.15, -0.1) is 0 Å². The molecule has 2 aliphatic heterocycles. The standard InChI is InChI=1S/C20H24FN3O2/c1-14-13-24(8-9-26-14)18-4-6-23(7-5-18)20(25)16-10-15-11-17(21)2-3-19(15)22-12-16/h2-3,10-12,14,18H,4-9,13H2,1H3. The van der Waals surface area contributed by atoms with Crippen molar-refractivity contribution in [1.29, 1.82) is 0 Å². The van der Waals surface area contributed by atoms with Crippen molar-refractivity contribution in [2.24, 2.45) is 0 Å². The van der Waals surface area contributed by atoms with Gasteiger partial charge in [0.2, 0.25) is 0 Å². The van der Waals surface area contributed by atoms with E-state index in [4.69, 9.17) is 4.74 Å². The van der Waals surface area contributed by atoms with Gasteiger partial charge in [0.25, 0.3) is 5.91 Å². The molecule has 1 unspecified atom stereocenters. The number of hydrogen-bond donors (Lipinski definition) is 0. The van der Waals surface area contributed by atoms with E-state index >= 15 is 0 Å². The van der Waals surface area contributed by atoms with Crippen molar-refractivity contribution in [3.05, 3.63) is 41.8 Å². The van der Waals surface area contributed by atoms with Crippen LogP contribution in [0.4, 0.5) is 4.39 Å². The number of carbonyl (C=O) groups excluding carboxylic acids is 1. The fourth-order valence-electron chi connectivity index (χ4n) is 4.01. The number of halogens is 1. The minimum absolute atomic E-state index is 0.0162. The SMILES string of the molecule is CC1CN(C2CCN(C(=O)c3cnc4ccc(F)cc4c3)CC2)CCO1. The summed E-state index contributed by atoms with van der Waals surface area (Å²) in [6.45, 7) is 6.34. The molecule has 5 nitrogen and oxygen atoms in total. The van der Waals surface area contributed by atoms with Crippen molar-refractivity contribution in [2.75, 3.05) is 32.8 Å². The van der Waals surface area contributed by atoms with Crippen LogP contribution in [0.3, 0.4) is 0 Å². The second kappa shape index (κ2) is 7.29. The zero-order valence-corrected chi connectivity index (χ0v) is 15.0. The number of nitrogens with zero attached hydrogens (tertiary/aromatic N) is 3. The summed E-state index contributed by atoms with van der Waals surface area (Å²) in [5.41, 5.74) is 1.23. The number of amides is 1. The molecule has 1 atom stereocenters. The van der Waals surface area contributed by atoms with Gasteiger partial charge in [0.05, 0.1) is 23.8 Å². The molecule has 0 spiro atoms. The summed E-state index contributed by atoms with van der Waals surface area (Å²) >= 11 is 0. The third kappa shape index (κ3) is 3.57. The summed E-state index contributed by atoms with van der Waals surface area (Å²) in [4.78, 5) is 21.5. The van der Waals surface area contributed by atoms with Crippen LogP contribution in [0.25, 0.3) is 10.9 Å². The quantitative estimate of drug-likeness (QED) is 0.829. The van der Waals surface area contributed by atoms with Gasteiger partial charge in [-0.1, -0.05) is 0 Å². The van der Waals surface area contributed by atoms with Crippen molar-refractivity contribution in [3.8, 4) is 0 Å². The molecule has 6 heteroatoms. The van der Waals surface area contributed by atoms with Crippen molar-refractivity contribution in [3.63, 3.8) is 0 Å². The molecule has 4 rings (SSSR count). The van der Waals surface area contributed by atoms with E-state index in [0.29, 0.717) is 22.5 Å². The highest BCUT2D eigenvalue weighted by Crippen LogP contribution is 2.22. The molecule has 138 valence electrons. The van der Waals surface area contributed by atoms with Crippen LogP contribution >= 0.6 is 0 Å². The maximum Gasteiger partial charge on any atom is 0.255 e. The first-order valence-electron chi connectivity index (χ1n) is 9.30. The highest BCUT2D eigenvalue weighted by Gasteiger charge is 2.29. The number of morpholine rings is 1. The number of ether oxygens (including phenoxy) is 1. The van der Waals surface area contributed by atoms with Crippen LogP contribution in [0.15, 0.2) is 30.5 Å². The van der Waals surface area contributed by atoms with Crippen molar-refractivity contribution in [1.82, 2.24) is 14.8 Å². The fraction of sp³-hybridized carbons (Fsp3) is 0.500. The summed E-state index contributed by atoms with van der Waals surface area (Å²) in [7, 11) is 0.